The molecule has 0 bridgehead atoms. The summed E-state index contributed by atoms with van der Waals surface area (Å²) in [6, 6.07) is 0. The predicted octanol–water partition coefficient (Wildman–Crippen LogP) is 1.03. The van der Waals surface area contributed by atoms with Gasteiger partial charge in [-0.2, -0.15) is 0 Å². The van der Waals surface area contributed by atoms with Crippen molar-refractivity contribution in [3.63, 3.8) is 0 Å². The highest BCUT2D eigenvalue weighted by Gasteiger charge is 2.45. The maximum Gasteiger partial charge on any atom is 0.417 e. The fourth-order valence-electron chi connectivity index (χ4n) is 1.10. The molecule has 1 unspecified atom stereocenters. The van der Waals surface area contributed by atoms with Gasteiger partial charge in [0.25, 0.3) is 0 Å². The normalized spacial score (nSPS) is 28.1. The molecule has 74 valence electrons. The van der Waals surface area contributed by atoms with Crippen molar-refractivity contribution >= 4 is 24.1 Å². The standard InChI is InChI=1S/C5H8ClN2O4P/c6-13(10,8-2-4-12-8)7-1-3-11-5(7)9/h1-4H2. The van der Waals surface area contributed by atoms with Crippen LogP contribution in [0.2, 0.25) is 0 Å². The van der Waals surface area contributed by atoms with Crippen molar-refractivity contribution in [1.29, 1.82) is 0 Å². The summed E-state index contributed by atoms with van der Waals surface area (Å²) in [5, 5.41) is 0. The van der Waals surface area contributed by atoms with Crippen molar-refractivity contribution in [2.45, 2.75) is 0 Å². The van der Waals surface area contributed by atoms with E-state index in [1.165, 1.54) is 0 Å². The molecule has 0 saturated carbocycles. The average Bonchev–Trinajstić information content (AvgIpc) is 2.29. The van der Waals surface area contributed by atoms with Gasteiger partial charge in [-0.1, -0.05) is 0 Å². The monoisotopic (exact) mass is 226 g/mol. The number of halogens is 1. The molecule has 1 amide bonds. The largest absolute Gasteiger partial charge is 0.447 e. The molecule has 0 aromatic rings. The summed E-state index contributed by atoms with van der Waals surface area (Å²) < 4.78 is 17.4. The number of hydrogen-bond acceptors (Lipinski definition) is 4. The van der Waals surface area contributed by atoms with Gasteiger partial charge in [-0.05, 0) is 11.2 Å². The second kappa shape index (κ2) is 3.13. The molecule has 0 spiro atoms. The Morgan fingerprint density at radius 2 is 2.08 bits per heavy atom. The topological polar surface area (TPSA) is 59.1 Å². The first-order chi connectivity index (χ1) is 6.12. The lowest BCUT2D eigenvalue weighted by atomic mass is 10.7. The van der Waals surface area contributed by atoms with Crippen molar-refractivity contribution in [2.75, 3.05) is 26.3 Å². The zero-order valence-electron chi connectivity index (χ0n) is 6.68. The minimum Gasteiger partial charge on any atom is -0.447 e. The van der Waals surface area contributed by atoms with E-state index in [2.05, 4.69) is 4.74 Å². The maximum absolute atomic E-state index is 11.8. The molecule has 0 radical (unpaired) electrons. The fraction of sp³-hybridized carbons (Fsp3) is 0.800. The molecule has 0 N–H and O–H groups in total. The van der Waals surface area contributed by atoms with Gasteiger partial charge in [-0.3, -0.25) is 9.40 Å². The lowest BCUT2D eigenvalue weighted by Crippen LogP contribution is -2.40. The maximum atomic E-state index is 11.8. The van der Waals surface area contributed by atoms with E-state index in [0.717, 1.165) is 9.50 Å². The van der Waals surface area contributed by atoms with Crippen LogP contribution in [-0.2, 0) is 14.1 Å². The number of hydroxylamine groups is 1. The van der Waals surface area contributed by atoms with Crippen LogP contribution in [0.1, 0.15) is 0 Å². The molecule has 2 aliphatic heterocycles. The molecule has 2 fully saturated rings. The minimum atomic E-state index is -3.36. The molecular formula is C5H8ClN2O4P. The first-order valence-electron chi connectivity index (χ1n) is 3.78. The van der Waals surface area contributed by atoms with Crippen LogP contribution in [0.25, 0.3) is 0 Å². The van der Waals surface area contributed by atoms with Crippen molar-refractivity contribution in [1.82, 2.24) is 9.50 Å². The number of nitrogens with zero attached hydrogens (tertiary/aromatic N) is 2. The Morgan fingerprint density at radius 1 is 1.38 bits per heavy atom. The van der Waals surface area contributed by atoms with E-state index in [0.29, 0.717) is 13.2 Å². The smallest absolute Gasteiger partial charge is 0.417 e. The van der Waals surface area contributed by atoms with Gasteiger partial charge in [0.1, 0.15) is 6.61 Å². The summed E-state index contributed by atoms with van der Waals surface area (Å²) >= 11 is 5.72. The first kappa shape index (κ1) is 9.27. The highest BCUT2D eigenvalue weighted by Crippen LogP contribution is 2.60. The Labute approximate surface area is 79.5 Å². The van der Waals surface area contributed by atoms with Crippen molar-refractivity contribution in [3.05, 3.63) is 0 Å². The van der Waals surface area contributed by atoms with Crippen LogP contribution in [0.3, 0.4) is 0 Å². The minimum absolute atomic E-state index is 0.226. The molecular weight excluding hydrogens is 218 g/mol. The number of cyclic esters (lactones) is 1. The van der Waals surface area contributed by atoms with Crippen LogP contribution in [0, 0.1) is 0 Å². The van der Waals surface area contributed by atoms with E-state index in [4.69, 9.17) is 16.1 Å². The summed E-state index contributed by atoms with van der Waals surface area (Å²) in [5.41, 5.74) is 0. The molecule has 1 atom stereocenters. The molecule has 2 rings (SSSR count). The molecule has 13 heavy (non-hydrogen) atoms. The van der Waals surface area contributed by atoms with Crippen LogP contribution >= 0.6 is 18.0 Å². The summed E-state index contributed by atoms with van der Waals surface area (Å²) in [7, 11) is 0. The van der Waals surface area contributed by atoms with Crippen LogP contribution < -0.4 is 0 Å². The first-order valence-corrected chi connectivity index (χ1v) is 6.29. The Morgan fingerprint density at radius 3 is 2.46 bits per heavy atom. The van der Waals surface area contributed by atoms with Crippen LogP contribution in [0.5, 0.6) is 0 Å². The van der Waals surface area contributed by atoms with Gasteiger partial charge in [0, 0.05) is 0 Å². The van der Waals surface area contributed by atoms with Gasteiger partial charge in [0.2, 0.25) is 0 Å². The zero-order valence-corrected chi connectivity index (χ0v) is 8.33. The van der Waals surface area contributed by atoms with Gasteiger partial charge in [0.05, 0.1) is 19.7 Å². The number of amides is 1. The molecule has 0 aromatic heterocycles. The van der Waals surface area contributed by atoms with E-state index in [-0.39, 0.29) is 13.2 Å². The second-order valence-corrected chi connectivity index (χ2v) is 5.82. The predicted molar refractivity (Wildman–Crippen MR) is 44.2 cm³/mol. The average molecular weight is 227 g/mol. The molecule has 2 saturated heterocycles. The van der Waals surface area contributed by atoms with Crippen molar-refractivity contribution < 1.29 is 18.9 Å². The highest BCUT2D eigenvalue weighted by molar-refractivity contribution is 7.85. The van der Waals surface area contributed by atoms with E-state index in [9.17, 15) is 9.36 Å². The number of carbonyl (C=O) groups excluding carboxylic acids is 1. The Balaban J connectivity index is 2.12. The summed E-state index contributed by atoms with van der Waals surface area (Å²) in [4.78, 5) is 17.0. The Hall–Kier alpha value is -0.290. The van der Waals surface area contributed by atoms with E-state index in [1.54, 1.807) is 0 Å². The van der Waals surface area contributed by atoms with Crippen molar-refractivity contribution in [3.8, 4) is 0 Å². The summed E-state index contributed by atoms with van der Waals surface area (Å²) in [6.07, 6.45) is -0.645. The Kier molecular flexibility index (Phi) is 2.23. The Bertz CT molecular complexity index is 282. The third-order valence-electron chi connectivity index (χ3n) is 1.84. The lowest BCUT2D eigenvalue weighted by Gasteiger charge is -2.35. The van der Waals surface area contributed by atoms with Crippen molar-refractivity contribution in [2.24, 2.45) is 0 Å². The van der Waals surface area contributed by atoms with Crippen LogP contribution in [0.4, 0.5) is 4.79 Å². The van der Waals surface area contributed by atoms with Crippen LogP contribution in [-0.4, -0.2) is 41.9 Å². The molecule has 0 aliphatic carbocycles. The van der Waals surface area contributed by atoms with Gasteiger partial charge in [0.15, 0.2) is 0 Å². The highest BCUT2D eigenvalue weighted by atomic mass is 35.7. The van der Waals surface area contributed by atoms with Gasteiger partial charge < -0.3 is 4.74 Å². The SMILES string of the molecule is O=C1OCCN1P(=O)(Cl)N1CCO1. The quantitative estimate of drug-likeness (QED) is 0.659. The number of ether oxygens (including phenoxy) is 1. The number of rotatable bonds is 2. The third kappa shape index (κ3) is 1.44. The zero-order chi connectivity index (χ0) is 9.47. The lowest BCUT2D eigenvalue weighted by molar-refractivity contribution is -0.179. The van der Waals surface area contributed by atoms with Crippen LogP contribution in [0.15, 0.2) is 0 Å². The number of hydrogen-bond donors (Lipinski definition) is 0. The van der Waals surface area contributed by atoms with E-state index in [1.807, 2.05) is 0 Å². The van der Waals surface area contributed by atoms with E-state index < -0.39 is 12.9 Å². The third-order valence-corrected chi connectivity index (χ3v) is 4.71. The summed E-state index contributed by atoms with van der Waals surface area (Å²) in [5.74, 6) is 0. The second-order valence-electron chi connectivity index (χ2n) is 2.62. The fourth-order valence-corrected chi connectivity index (χ4v) is 3.25. The molecule has 2 heterocycles. The van der Waals surface area contributed by atoms with E-state index >= 15 is 0 Å². The van der Waals surface area contributed by atoms with Gasteiger partial charge >= 0.3 is 12.9 Å². The number of carbonyl (C=O) groups is 1. The molecule has 6 nitrogen and oxygen atoms in total. The molecule has 8 heteroatoms. The summed E-state index contributed by atoms with van der Waals surface area (Å²) in [6.45, 7) is -1.92. The molecule has 2 aliphatic rings. The molecule has 0 aromatic carbocycles. The van der Waals surface area contributed by atoms with Gasteiger partial charge in [-0.15, -0.1) is 4.83 Å². The van der Waals surface area contributed by atoms with Gasteiger partial charge in [-0.25, -0.2) is 9.46 Å².